The summed E-state index contributed by atoms with van der Waals surface area (Å²) in [5, 5.41) is 28.1. The molecule has 0 aromatic carbocycles. The van der Waals surface area contributed by atoms with Crippen LogP contribution in [0.4, 0.5) is 0 Å². The van der Waals surface area contributed by atoms with Crippen LogP contribution in [0.5, 0.6) is 0 Å². The SMILES string of the molecule is CC/C=C\C(=C/CC(O)CC(N)(O)O)SCC1CCCCCC1. The number of nitrogens with two attached hydrogens (primary N) is 1. The van der Waals surface area contributed by atoms with Gasteiger partial charge in [0.05, 0.1) is 6.10 Å². The molecule has 1 atom stereocenters. The third kappa shape index (κ3) is 11.0. The Morgan fingerprint density at radius 3 is 2.48 bits per heavy atom. The molecule has 0 aromatic rings. The Bertz CT molecular complexity index is 369. The Morgan fingerprint density at radius 2 is 1.91 bits per heavy atom. The van der Waals surface area contributed by atoms with E-state index in [-0.39, 0.29) is 6.42 Å². The number of thioether (sulfide) groups is 1. The van der Waals surface area contributed by atoms with Crippen LogP contribution in [0.15, 0.2) is 23.1 Å². The van der Waals surface area contributed by atoms with E-state index in [1.165, 1.54) is 38.5 Å². The van der Waals surface area contributed by atoms with Gasteiger partial charge in [-0.2, -0.15) is 0 Å². The summed E-state index contributed by atoms with van der Waals surface area (Å²) >= 11 is 1.84. The number of hydrogen-bond donors (Lipinski definition) is 4. The van der Waals surface area contributed by atoms with Crippen LogP contribution in [0.1, 0.15) is 64.7 Å². The van der Waals surface area contributed by atoms with Gasteiger partial charge in [-0.15, -0.1) is 11.8 Å². The van der Waals surface area contributed by atoms with Gasteiger partial charge in [0.25, 0.3) is 0 Å². The van der Waals surface area contributed by atoms with Crippen LogP contribution in [0.25, 0.3) is 0 Å². The third-order valence-corrected chi connectivity index (χ3v) is 5.38. The standard InChI is InChI=1S/C18H33NO3S/c1-2-3-10-17(12-11-16(20)13-18(19,21)22)23-14-15-8-6-4-5-7-9-15/h3,10,12,15-16,20-22H,2,4-9,11,13-14,19H2,1H3/b10-3-,17-12+. The molecule has 0 bridgehead atoms. The molecule has 1 saturated carbocycles. The first-order valence-electron chi connectivity index (χ1n) is 8.82. The maximum atomic E-state index is 9.84. The molecule has 23 heavy (non-hydrogen) atoms. The number of hydrogen-bond acceptors (Lipinski definition) is 5. The second-order valence-corrected chi connectivity index (χ2v) is 7.65. The van der Waals surface area contributed by atoms with Crippen LogP contribution in [-0.4, -0.2) is 33.1 Å². The summed E-state index contributed by atoms with van der Waals surface area (Å²) in [6, 6.07) is 0. The van der Waals surface area contributed by atoms with Crippen molar-refractivity contribution in [3.8, 4) is 0 Å². The number of rotatable bonds is 9. The molecule has 0 aliphatic heterocycles. The highest BCUT2D eigenvalue weighted by Crippen LogP contribution is 2.29. The van der Waals surface area contributed by atoms with Crippen molar-refractivity contribution in [2.75, 3.05) is 5.75 Å². The van der Waals surface area contributed by atoms with Crippen LogP contribution >= 0.6 is 11.8 Å². The Morgan fingerprint density at radius 1 is 1.26 bits per heavy atom. The monoisotopic (exact) mass is 343 g/mol. The lowest BCUT2D eigenvalue weighted by Gasteiger charge is -2.19. The van der Waals surface area contributed by atoms with Gasteiger partial charge in [-0.1, -0.05) is 50.8 Å². The topological polar surface area (TPSA) is 86.7 Å². The first-order valence-corrected chi connectivity index (χ1v) is 9.80. The number of aliphatic hydroxyl groups excluding tert-OH is 1. The normalized spacial score (nSPS) is 20.0. The predicted molar refractivity (Wildman–Crippen MR) is 97.8 cm³/mol. The average Bonchev–Trinajstić information content (AvgIpc) is 2.73. The number of aliphatic hydroxyl groups is 3. The quantitative estimate of drug-likeness (QED) is 0.293. The number of allylic oxidation sites excluding steroid dienone is 2. The van der Waals surface area contributed by atoms with Crippen molar-refractivity contribution in [1.29, 1.82) is 0 Å². The van der Waals surface area contributed by atoms with Gasteiger partial charge in [-0.25, -0.2) is 0 Å². The highest BCUT2D eigenvalue weighted by atomic mass is 32.2. The van der Waals surface area contributed by atoms with Crippen LogP contribution in [0.3, 0.4) is 0 Å². The summed E-state index contributed by atoms with van der Waals surface area (Å²) in [7, 11) is 0. The van der Waals surface area contributed by atoms with Crippen molar-refractivity contribution in [3.05, 3.63) is 23.1 Å². The lowest BCUT2D eigenvalue weighted by molar-refractivity contribution is -0.175. The molecule has 1 aliphatic rings. The molecule has 1 aliphatic carbocycles. The van der Waals surface area contributed by atoms with E-state index in [0.717, 1.165) is 23.0 Å². The summed E-state index contributed by atoms with van der Waals surface area (Å²) in [5.41, 5.74) is 5.11. The van der Waals surface area contributed by atoms with Crippen molar-refractivity contribution >= 4 is 11.8 Å². The first kappa shape index (κ1) is 20.7. The van der Waals surface area contributed by atoms with E-state index < -0.39 is 12.0 Å². The lowest BCUT2D eigenvalue weighted by atomic mass is 10.0. The smallest absolute Gasteiger partial charge is 0.222 e. The van der Waals surface area contributed by atoms with Crippen molar-refractivity contribution in [2.24, 2.45) is 11.7 Å². The minimum absolute atomic E-state index is 0.248. The molecule has 1 fully saturated rings. The second kappa shape index (κ2) is 11.3. The Labute approximate surface area is 144 Å². The van der Waals surface area contributed by atoms with Crippen LogP contribution in [0, 0.1) is 5.92 Å². The maximum Gasteiger partial charge on any atom is 0.222 e. The molecule has 1 rings (SSSR count). The van der Waals surface area contributed by atoms with E-state index in [0.29, 0.717) is 6.42 Å². The zero-order valence-corrected chi connectivity index (χ0v) is 15.1. The molecule has 1 unspecified atom stereocenters. The molecule has 0 spiro atoms. The Balaban J connectivity index is 2.50. The fourth-order valence-electron chi connectivity index (χ4n) is 2.84. The Hall–Kier alpha value is -0.330. The van der Waals surface area contributed by atoms with E-state index in [2.05, 4.69) is 19.1 Å². The minimum Gasteiger partial charge on any atom is -0.393 e. The molecule has 0 saturated heterocycles. The summed E-state index contributed by atoms with van der Waals surface area (Å²) in [6.07, 6.45) is 14.5. The lowest BCUT2D eigenvalue weighted by Crippen LogP contribution is -2.42. The van der Waals surface area contributed by atoms with Crippen LogP contribution < -0.4 is 5.73 Å². The fraction of sp³-hybridized carbons (Fsp3) is 0.778. The van der Waals surface area contributed by atoms with Gasteiger partial charge in [-0.3, -0.25) is 5.73 Å². The van der Waals surface area contributed by atoms with E-state index in [9.17, 15) is 5.11 Å². The van der Waals surface area contributed by atoms with Crippen LogP contribution in [0.2, 0.25) is 0 Å². The molecule has 5 heteroatoms. The Kier molecular flexibility index (Phi) is 10.1. The summed E-state index contributed by atoms with van der Waals surface area (Å²) in [5.74, 6) is -0.394. The summed E-state index contributed by atoms with van der Waals surface area (Å²) in [4.78, 5) is 1.15. The van der Waals surface area contributed by atoms with E-state index in [4.69, 9.17) is 15.9 Å². The van der Waals surface area contributed by atoms with Gasteiger partial charge in [0.2, 0.25) is 5.91 Å². The van der Waals surface area contributed by atoms with Gasteiger partial charge < -0.3 is 15.3 Å². The molecule has 134 valence electrons. The molecule has 0 radical (unpaired) electrons. The average molecular weight is 344 g/mol. The molecule has 5 N–H and O–H groups in total. The highest BCUT2D eigenvalue weighted by Gasteiger charge is 2.20. The molecule has 4 nitrogen and oxygen atoms in total. The van der Waals surface area contributed by atoms with Crippen molar-refractivity contribution < 1.29 is 15.3 Å². The fourth-order valence-corrected chi connectivity index (χ4v) is 4.00. The predicted octanol–water partition coefficient (Wildman–Crippen LogP) is 3.28. The zero-order valence-electron chi connectivity index (χ0n) is 14.3. The second-order valence-electron chi connectivity index (χ2n) is 6.56. The maximum absolute atomic E-state index is 9.84. The van der Waals surface area contributed by atoms with Gasteiger partial charge in [0.15, 0.2) is 0 Å². The largest absolute Gasteiger partial charge is 0.393 e. The summed E-state index contributed by atoms with van der Waals surface area (Å²) < 4.78 is 0. The zero-order chi connectivity index (χ0) is 17.1. The van der Waals surface area contributed by atoms with Gasteiger partial charge in [0, 0.05) is 17.1 Å². The molecule has 0 aromatic heterocycles. The molecule has 0 amide bonds. The first-order chi connectivity index (χ1) is 10.9. The van der Waals surface area contributed by atoms with Crippen molar-refractivity contribution in [1.82, 2.24) is 0 Å². The van der Waals surface area contributed by atoms with E-state index in [1.54, 1.807) is 0 Å². The highest BCUT2D eigenvalue weighted by molar-refractivity contribution is 8.03. The van der Waals surface area contributed by atoms with Crippen molar-refractivity contribution in [3.63, 3.8) is 0 Å². The third-order valence-electron chi connectivity index (χ3n) is 4.11. The van der Waals surface area contributed by atoms with Crippen LogP contribution in [-0.2, 0) is 0 Å². The van der Waals surface area contributed by atoms with Gasteiger partial charge >= 0.3 is 0 Å². The summed E-state index contributed by atoms with van der Waals surface area (Å²) in [6.45, 7) is 2.10. The van der Waals surface area contributed by atoms with Gasteiger partial charge in [0.1, 0.15) is 0 Å². The van der Waals surface area contributed by atoms with E-state index in [1.807, 2.05) is 17.8 Å². The minimum atomic E-state index is -2.31. The van der Waals surface area contributed by atoms with Crippen molar-refractivity contribution in [2.45, 2.75) is 76.7 Å². The molecular formula is C18H33NO3S. The van der Waals surface area contributed by atoms with E-state index >= 15 is 0 Å². The molecular weight excluding hydrogens is 310 g/mol. The molecule has 0 heterocycles. The van der Waals surface area contributed by atoms with Gasteiger partial charge in [-0.05, 0) is 31.6 Å².